The molecule has 0 radical (unpaired) electrons. The molecule has 1 heterocycles. The van der Waals surface area contributed by atoms with Crippen molar-refractivity contribution in [2.75, 3.05) is 0 Å². The van der Waals surface area contributed by atoms with E-state index in [-0.39, 0.29) is 18.8 Å². The van der Waals surface area contributed by atoms with Crippen molar-refractivity contribution in [2.24, 2.45) is 5.92 Å². The van der Waals surface area contributed by atoms with Crippen molar-refractivity contribution in [1.82, 2.24) is 4.98 Å². The van der Waals surface area contributed by atoms with Crippen LogP contribution in [-0.4, -0.2) is 21.2 Å². The molecule has 0 bridgehead atoms. The Kier molecular flexibility index (Phi) is 10.8. The Morgan fingerprint density at radius 3 is 2.55 bits per heavy atom. The minimum absolute atomic E-state index is 0.0515. The van der Waals surface area contributed by atoms with Crippen LogP contribution in [0.5, 0.6) is 0 Å². The summed E-state index contributed by atoms with van der Waals surface area (Å²) in [6, 6.07) is 8.30. The fourth-order valence-corrected chi connectivity index (χ4v) is 4.26. The van der Waals surface area contributed by atoms with Gasteiger partial charge in [-0.3, -0.25) is 4.79 Å². The summed E-state index contributed by atoms with van der Waals surface area (Å²) in [7, 11) is 0. The zero-order valence-electron chi connectivity index (χ0n) is 22.9. The van der Waals surface area contributed by atoms with Gasteiger partial charge < -0.3 is 19.4 Å². The molecule has 202 valence electrons. The second-order valence-electron chi connectivity index (χ2n) is 9.31. The van der Waals surface area contributed by atoms with Gasteiger partial charge in [-0.05, 0) is 80.4 Å². The summed E-state index contributed by atoms with van der Waals surface area (Å²) < 4.78 is 11.8. The Morgan fingerprint density at radius 1 is 1.08 bits per heavy atom. The molecular weight excluding hydrogens is 478 g/mol. The molecule has 1 unspecified atom stereocenters. The number of benzene rings is 1. The summed E-state index contributed by atoms with van der Waals surface area (Å²) in [6.45, 7) is 7.68. The van der Waals surface area contributed by atoms with E-state index < -0.39 is 11.9 Å². The van der Waals surface area contributed by atoms with E-state index in [1.165, 1.54) is 23.6 Å². The molecule has 4 rings (SSSR count). The third kappa shape index (κ3) is 7.85. The van der Waals surface area contributed by atoms with Crippen molar-refractivity contribution in [1.29, 1.82) is 0 Å². The van der Waals surface area contributed by atoms with Gasteiger partial charge in [-0.1, -0.05) is 57.2 Å². The third-order valence-corrected chi connectivity index (χ3v) is 6.50. The van der Waals surface area contributed by atoms with E-state index in [1.807, 2.05) is 39.0 Å². The van der Waals surface area contributed by atoms with Crippen molar-refractivity contribution < 1.29 is 24.2 Å². The zero-order valence-corrected chi connectivity index (χ0v) is 22.9. The van der Waals surface area contributed by atoms with E-state index in [2.05, 4.69) is 35.3 Å². The fourth-order valence-electron chi connectivity index (χ4n) is 4.26. The molecule has 0 aliphatic heterocycles. The summed E-state index contributed by atoms with van der Waals surface area (Å²) in [4.78, 5) is 15.8. The van der Waals surface area contributed by atoms with E-state index in [1.54, 1.807) is 13.0 Å². The molecule has 1 aromatic carbocycles. The Hall–Kier alpha value is -3.80. The van der Waals surface area contributed by atoms with Crippen LogP contribution in [0.2, 0.25) is 0 Å². The van der Waals surface area contributed by atoms with Crippen molar-refractivity contribution in [3.05, 3.63) is 94.8 Å². The van der Waals surface area contributed by atoms with Gasteiger partial charge in [0.1, 0.15) is 29.6 Å². The smallest absolute Gasteiger partial charge is 0.306 e. The molecule has 1 atom stereocenters. The van der Waals surface area contributed by atoms with Gasteiger partial charge in [0.15, 0.2) is 0 Å². The van der Waals surface area contributed by atoms with Crippen LogP contribution in [0.15, 0.2) is 82.2 Å². The Morgan fingerprint density at radius 2 is 1.82 bits per heavy atom. The van der Waals surface area contributed by atoms with E-state index in [0.29, 0.717) is 35.1 Å². The molecule has 0 spiro atoms. The first-order valence-corrected chi connectivity index (χ1v) is 13.5. The number of carboxylic acid groups (broad SMARTS) is 1. The number of allylic oxidation sites excluding steroid dienone is 8. The number of aliphatic hydroxyl groups excluding tert-OH is 1. The van der Waals surface area contributed by atoms with Gasteiger partial charge in [0.25, 0.3) is 0 Å². The Balaban J connectivity index is 0.00000195. The number of carbonyl (C=O) groups is 1. The summed E-state index contributed by atoms with van der Waals surface area (Å²) in [5.41, 5.74) is 4.83. The lowest BCUT2D eigenvalue weighted by molar-refractivity contribution is -0.141. The predicted molar refractivity (Wildman–Crippen MR) is 151 cm³/mol. The summed E-state index contributed by atoms with van der Waals surface area (Å²) in [5, 5.41) is 19.6. The molecule has 0 saturated heterocycles. The van der Waals surface area contributed by atoms with Crippen LogP contribution in [0.4, 0.5) is 0 Å². The number of aryl methyl sites for hydroxylation is 1. The number of rotatable bonds is 8. The molecule has 38 heavy (non-hydrogen) atoms. The first kappa shape index (κ1) is 28.8. The van der Waals surface area contributed by atoms with Crippen LogP contribution in [0.25, 0.3) is 17.0 Å². The number of aromatic nitrogens is 1. The molecule has 6 nitrogen and oxygen atoms in total. The topological polar surface area (TPSA) is 92.8 Å². The van der Waals surface area contributed by atoms with Crippen LogP contribution >= 0.6 is 0 Å². The monoisotopic (exact) mass is 517 g/mol. The maximum Gasteiger partial charge on any atom is 0.306 e. The number of aliphatic hydroxyl groups is 1. The quantitative estimate of drug-likeness (QED) is 0.341. The molecular formula is C32H39NO5. The van der Waals surface area contributed by atoms with Crippen molar-refractivity contribution in [3.63, 3.8) is 0 Å². The van der Waals surface area contributed by atoms with E-state index in [4.69, 9.17) is 14.3 Å². The summed E-state index contributed by atoms with van der Waals surface area (Å²) in [5.74, 6) is 0.307. The minimum atomic E-state index is -0.884. The van der Waals surface area contributed by atoms with Crippen LogP contribution in [-0.2, 0) is 16.1 Å². The number of ether oxygens (including phenoxy) is 1. The van der Waals surface area contributed by atoms with Gasteiger partial charge in [0.05, 0.1) is 5.92 Å². The second kappa shape index (κ2) is 14.2. The van der Waals surface area contributed by atoms with Gasteiger partial charge in [0, 0.05) is 11.6 Å². The second-order valence-corrected chi connectivity index (χ2v) is 9.31. The van der Waals surface area contributed by atoms with Crippen LogP contribution in [0.1, 0.15) is 76.3 Å². The highest BCUT2D eigenvalue weighted by Gasteiger charge is 2.18. The lowest BCUT2D eigenvalue weighted by Crippen LogP contribution is -2.10. The molecule has 1 aromatic heterocycles. The summed E-state index contributed by atoms with van der Waals surface area (Å²) in [6.07, 6.45) is 17.2. The van der Waals surface area contributed by atoms with Gasteiger partial charge in [-0.25, -0.2) is 4.98 Å². The number of aliphatic carboxylic acids is 1. The van der Waals surface area contributed by atoms with Gasteiger partial charge in [0.2, 0.25) is 5.89 Å². The van der Waals surface area contributed by atoms with Crippen molar-refractivity contribution >= 4 is 11.5 Å². The number of nitrogens with zero attached hydrogens (tertiary/aromatic N) is 1. The Labute approximate surface area is 225 Å². The molecule has 2 aliphatic carbocycles. The first-order valence-electron chi connectivity index (χ1n) is 13.5. The standard InChI is InChI=1S/C30H33NO5.C2H6/c1-20(30(33)34)17-25-11-8-12-26(18-28(25)32)35-19-27-21(2)36-29(31-27)24-15-13-23(14-16-24)22-9-6-4-3-5-7-10-22;1-2/h4,6,8,10,12-16,18,20,32H,3,5,7,9,11,17,19H2,1-2H3,(H,33,34);1-2H3/b6-4-,22-10+;. The van der Waals surface area contributed by atoms with Crippen molar-refractivity contribution in [2.45, 2.75) is 72.8 Å². The lowest BCUT2D eigenvalue weighted by atomic mass is 9.97. The summed E-state index contributed by atoms with van der Waals surface area (Å²) >= 11 is 0. The first-order chi connectivity index (χ1) is 18.4. The maximum atomic E-state index is 11.2. The fraction of sp³-hybridized carbons (Fsp3) is 0.375. The maximum absolute atomic E-state index is 11.2. The number of hydrogen-bond acceptors (Lipinski definition) is 5. The number of oxazole rings is 1. The van der Waals surface area contributed by atoms with Crippen LogP contribution in [0, 0.1) is 12.8 Å². The Bertz CT molecular complexity index is 1240. The van der Waals surface area contributed by atoms with E-state index in [9.17, 15) is 9.90 Å². The average molecular weight is 518 g/mol. The van der Waals surface area contributed by atoms with Crippen molar-refractivity contribution in [3.8, 4) is 11.5 Å². The molecule has 2 N–H and O–H groups in total. The zero-order chi connectivity index (χ0) is 27.5. The highest BCUT2D eigenvalue weighted by atomic mass is 16.5. The minimum Gasteiger partial charge on any atom is -0.508 e. The SMILES string of the molecule is CC.Cc1oc(-c2ccc(/C3=C/CCC/C=C\C3)cc2)nc1COC1=CC(O)=C(CC(C)C(=O)O)CC=C1. The highest BCUT2D eigenvalue weighted by molar-refractivity contribution is 5.70. The van der Waals surface area contributed by atoms with E-state index in [0.717, 1.165) is 24.8 Å². The molecule has 6 heteroatoms. The van der Waals surface area contributed by atoms with Crippen LogP contribution < -0.4 is 0 Å². The van der Waals surface area contributed by atoms with E-state index >= 15 is 0 Å². The lowest BCUT2D eigenvalue weighted by Gasteiger charge is -2.09. The van der Waals surface area contributed by atoms with Crippen LogP contribution in [0.3, 0.4) is 0 Å². The average Bonchev–Trinajstić information content (AvgIpc) is 3.18. The molecule has 2 aromatic rings. The highest BCUT2D eigenvalue weighted by Crippen LogP contribution is 2.28. The van der Waals surface area contributed by atoms with Gasteiger partial charge in [-0.15, -0.1) is 0 Å². The normalized spacial score (nSPS) is 18.5. The molecule has 0 fully saturated rings. The molecule has 0 saturated carbocycles. The molecule has 0 amide bonds. The van der Waals surface area contributed by atoms with Gasteiger partial charge in [-0.2, -0.15) is 0 Å². The third-order valence-electron chi connectivity index (χ3n) is 6.50. The molecule has 2 aliphatic rings. The van der Waals surface area contributed by atoms with Gasteiger partial charge >= 0.3 is 5.97 Å². The number of carboxylic acids is 1. The predicted octanol–water partition coefficient (Wildman–Crippen LogP) is 8.47. The largest absolute Gasteiger partial charge is 0.508 e. The number of hydrogen-bond donors (Lipinski definition) is 2.